The number of benzene rings is 1. The van der Waals surface area contributed by atoms with E-state index in [9.17, 15) is 4.79 Å². The van der Waals surface area contributed by atoms with Crippen molar-refractivity contribution in [3.63, 3.8) is 0 Å². The Morgan fingerprint density at radius 1 is 1.29 bits per heavy atom. The van der Waals surface area contributed by atoms with Crippen LogP contribution in [0.25, 0.3) is 0 Å². The van der Waals surface area contributed by atoms with Gasteiger partial charge in [0.2, 0.25) is 5.91 Å². The minimum Gasteiger partial charge on any atom is -0.381 e. The van der Waals surface area contributed by atoms with E-state index in [4.69, 9.17) is 10.5 Å². The monoisotopic (exact) mass is 377 g/mol. The number of para-hydroxylation sites is 1. The Labute approximate surface area is 157 Å². The molecule has 0 saturated carbocycles. The second-order valence-electron chi connectivity index (χ2n) is 6.10. The van der Waals surface area contributed by atoms with Crippen molar-refractivity contribution in [3.8, 4) is 0 Å². The van der Waals surface area contributed by atoms with Gasteiger partial charge < -0.3 is 20.7 Å². The molecule has 24 heavy (non-hydrogen) atoms. The molecule has 1 aliphatic heterocycles. The van der Waals surface area contributed by atoms with Gasteiger partial charge in [-0.2, -0.15) is 0 Å². The number of nitrogens with zero attached hydrogens (tertiary/aromatic N) is 1. The van der Waals surface area contributed by atoms with Crippen molar-refractivity contribution in [2.24, 2.45) is 11.1 Å². The van der Waals surface area contributed by atoms with E-state index in [1.165, 1.54) is 0 Å². The molecule has 5 nitrogen and oxygen atoms in total. The van der Waals surface area contributed by atoms with E-state index in [1.807, 2.05) is 25.2 Å². The molecule has 1 aromatic rings. The molecule has 1 heterocycles. The van der Waals surface area contributed by atoms with Gasteiger partial charge in [-0.05, 0) is 31.9 Å². The van der Waals surface area contributed by atoms with Crippen molar-refractivity contribution in [2.45, 2.75) is 25.8 Å². The van der Waals surface area contributed by atoms with Crippen molar-refractivity contribution in [1.82, 2.24) is 5.32 Å². The van der Waals surface area contributed by atoms with Gasteiger partial charge in [0.25, 0.3) is 0 Å². The number of nitrogens with two attached hydrogens (primary N) is 1. The molecule has 0 radical (unpaired) electrons. The number of hydrogen-bond donors (Lipinski definition) is 2. The third kappa shape index (κ3) is 5.52. The van der Waals surface area contributed by atoms with E-state index in [-0.39, 0.29) is 36.8 Å². The van der Waals surface area contributed by atoms with Crippen LogP contribution in [0.2, 0.25) is 0 Å². The van der Waals surface area contributed by atoms with Crippen LogP contribution in [0.15, 0.2) is 30.3 Å². The van der Waals surface area contributed by atoms with Crippen LogP contribution in [0, 0.1) is 5.41 Å². The van der Waals surface area contributed by atoms with Gasteiger partial charge >= 0.3 is 0 Å². The number of ether oxygens (including phenoxy) is 1. The Morgan fingerprint density at radius 2 is 1.88 bits per heavy atom. The first kappa shape index (κ1) is 23.0. The normalized spacial score (nSPS) is 17.0. The van der Waals surface area contributed by atoms with Gasteiger partial charge in [-0.15, -0.1) is 24.8 Å². The summed E-state index contributed by atoms with van der Waals surface area (Å²) in [6, 6.07) is 10.4. The third-order valence-electron chi connectivity index (χ3n) is 4.70. The summed E-state index contributed by atoms with van der Waals surface area (Å²) in [5.41, 5.74) is 6.56. The maximum absolute atomic E-state index is 12.5. The summed E-state index contributed by atoms with van der Waals surface area (Å²) in [5.74, 6) is 0.0617. The van der Waals surface area contributed by atoms with Gasteiger partial charge in [-0.3, -0.25) is 4.79 Å². The quantitative estimate of drug-likeness (QED) is 0.797. The van der Waals surface area contributed by atoms with Crippen LogP contribution in [0.4, 0.5) is 5.69 Å². The summed E-state index contributed by atoms with van der Waals surface area (Å²) < 4.78 is 5.35. The van der Waals surface area contributed by atoms with Crippen molar-refractivity contribution in [1.29, 1.82) is 0 Å². The molecule has 7 heteroatoms. The number of halogens is 2. The lowest BCUT2D eigenvalue weighted by Crippen LogP contribution is -2.51. The van der Waals surface area contributed by atoms with Crippen LogP contribution in [-0.4, -0.2) is 45.3 Å². The van der Waals surface area contributed by atoms with Crippen molar-refractivity contribution in [2.75, 3.05) is 38.3 Å². The highest BCUT2D eigenvalue weighted by Gasteiger charge is 2.38. The Hall–Kier alpha value is -1.01. The molecule has 1 atom stereocenters. The van der Waals surface area contributed by atoms with Crippen LogP contribution < -0.4 is 16.0 Å². The largest absolute Gasteiger partial charge is 0.381 e. The number of anilines is 1. The van der Waals surface area contributed by atoms with E-state index < -0.39 is 5.41 Å². The van der Waals surface area contributed by atoms with E-state index >= 15 is 0 Å². The molecule has 3 N–H and O–H groups in total. The summed E-state index contributed by atoms with van der Waals surface area (Å²) in [7, 11) is 2.04. The molecule has 0 aliphatic carbocycles. The Bertz CT molecular complexity index is 482. The van der Waals surface area contributed by atoms with E-state index in [0.717, 1.165) is 5.69 Å². The molecule has 0 spiro atoms. The standard InChI is InChI=1S/C17H27N3O2.2ClH/c1-14(20(2)15-6-4-3-5-7-15)12-19-16(21)17(13-18)8-10-22-11-9-17;;/h3-7,14H,8-13,18H2,1-2H3,(H,19,21);2*1H. The number of amides is 1. The zero-order chi connectivity index (χ0) is 16.0. The van der Waals surface area contributed by atoms with E-state index in [0.29, 0.717) is 39.1 Å². The lowest BCUT2D eigenvalue weighted by atomic mass is 9.79. The highest BCUT2D eigenvalue weighted by Crippen LogP contribution is 2.29. The number of carbonyl (C=O) groups excluding carboxylic acids is 1. The second kappa shape index (κ2) is 10.8. The highest BCUT2D eigenvalue weighted by molar-refractivity contribution is 5.85. The maximum atomic E-state index is 12.5. The molecule has 1 aliphatic rings. The predicted octanol–water partition coefficient (Wildman–Crippen LogP) is 2.23. The first-order chi connectivity index (χ1) is 10.6. The summed E-state index contributed by atoms with van der Waals surface area (Å²) in [6.45, 7) is 4.32. The second-order valence-corrected chi connectivity index (χ2v) is 6.10. The molecule has 1 fully saturated rings. The molecular formula is C17H29Cl2N3O2. The SMILES string of the molecule is CC(CNC(=O)C1(CN)CCOCC1)N(C)c1ccccc1.Cl.Cl. The number of hydrogen-bond acceptors (Lipinski definition) is 4. The molecule has 2 rings (SSSR count). The first-order valence-corrected chi connectivity index (χ1v) is 7.93. The van der Waals surface area contributed by atoms with Crippen molar-refractivity contribution < 1.29 is 9.53 Å². The summed E-state index contributed by atoms with van der Waals surface area (Å²) in [5, 5.41) is 3.08. The number of rotatable bonds is 6. The van der Waals surface area contributed by atoms with Crippen molar-refractivity contribution in [3.05, 3.63) is 30.3 Å². The van der Waals surface area contributed by atoms with E-state index in [1.54, 1.807) is 0 Å². The van der Waals surface area contributed by atoms with Crippen LogP contribution in [0.5, 0.6) is 0 Å². The third-order valence-corrected chi connectivity index (χ3v) is 4.70. The Balaban J connectivity index is 0.00000264. The summed E-state index contributed by atoms with van der Waals surface area (Å²) in [4.78, 5) is 14.7. The fourth-order valence-electron chi connectivity index (χ4n) is 2.77. The maximum Gasteiger partial charge on any atom is 0.227 e. The molecular weight excluding hydrogens is 349 g/mol. The molecule has 1 saturated heterocycles. The zero-order valence-corrected chi connectivity index (χ0v) is 16.0. The van der Waals surface area contributed by atoms with E-state index in [2.05, 4.69) is 29.3 Å². The molecule has 1 amide bonds. The van der Waals surface area contributed by atoms with Gasteiger partial charge in [-0.1, -0.05) is 18.2 Å². The van der Waals surface area contributed by atoms with Gasteiger partial charge in [0.05, 0.1) is 5.41 Å². The number of nitrogens with one attached hydrogen (secondary N) is 1. The van der Waals surface area contributed by atoms with Gasteiger partial charge in [0.15, 0.2) is 0 Å². The Kier molecular flexibility index (Phi) is 10.3. The van der Waals surface area contributed by atoms with Crippen molar-refractivity contribution >= 4 is 36.4 Å². The summed E-state index contributed by atoms with van der Waals surface area (Å²) >= 11 is 0. The van der Waals surface area contributed by atoms with Gasteiger partial charge in [-0.25, -0.2) is 0 Å². The fourth-order valence-corrected chi connectivity index (χ4v) is 2.77. The number of carbonyl (C=O) groups is 1. The highest BCUT2D eigenvalue weighted by atomic mass is 35.5. The molecule has 1 unspecified atom stereocenters. The Morgan fingerprint density at radius 3 is 2.42 bits per heavy atom. The molecule has 0 aromatic heterocycles. The van der Waals surface area contributed by atoms with Gasteiger partial charge in [0, 0.05) is 45.1 Å². The smallest absolute Gasteiger partial charge is 0.227 e. The summed E-state index contributed by atoms with van der Waals surface area (Å²) in [6.07, 6.45) is 1.41. The molecule has 1 aromatic carbocycles. The lowest BCUT2D eigenvalue weighted by molar-refractivity contribution is -0.135. The first-order valence-electron chi connectivity index (χ1n) is 7.93. The minimum absolute atomic E-state index is 0. The number of likely N-dealkylation sites (N-methyl/N-ethyl adjacent to an activating group) is 1. The molecule has 138 valence electrons. The lowest BCUT2D eigenvalue weighted by Gasteiger charge is -2.35. The van der Waals surface area contributed by atoms with Gasteiger partial charge in [0.1, 0.15) is 0 Å². The molecule has 0 bridgehead atoms. The zero-order valence-electron chi connectivity index (χ0n) is 14.4. The van der Waals surface area contributed by atoms with Crippen LogP contribution in [-0.2, 0) is 9.53 Å². The van der Waals surface area contributed by atoms with Crippen LogP contribution >= 0.6 is 24.8 Å². The fraction of sp³-hybridized carbons (Fsp3) is 0.588. The van der Waals surface area contributed by atoms with Crippen LogP contribution in [0.3, 0.4) is 0 Å². The predicted molar refractivity (Wildman–Crippen MR) is 103 cm³/mol. The average Bonchev–Trinajstić information content (AvgIpc) is 2.59. The average molecular weight is 378 g/mol. The minimum atomic E-state index is -0.455. The topological polar surface area (TPSA) is 67.6 Å². The van der Waals surface area contributed by atoms with Crippen LogP contribution in [0.1, 0.15) is 19.8 Å².